The summed E-state index contributed by atoms with van der Waals surface area (Å²) in [6.45, 7) is 2.57. The lowest BCUT2D eigenvalue weighted by molar-refractivity contribution is 0.412. The molecule has 106 valence electrons. The van der Waals surface area contributed by atoms with Gasteiger partial charge in [-0.15, -0.1) is 0 Å². The maximum Gasteiger partial charge on any atom is 0.154 e. The minimum absolute atomic E-state index is 0.377. The normalized spacial score (nSPS) is 10.4. The monoisotopic (exact) mass is 374 g/mol. The van der Waals surface area contributed by atoms with Crippen LogP contribution >= 0.6 is 39.1 Å². The summed E-state index contributed by atoms with van der Waals surface area (Å²) < 4.78 is 6.11. The van der Waals surface area contributed by atoms with Crippen LogP contribution in [-0.4, -0.2) is 12.1 Å². The summed E-state index contributed by atoms with van der Waals surface area (Å²) in [6.07, 6.45) is 0. The van der Waals surface area contributed by atoms with E-state index in [1.807, 2.05) is 25.1 Å². The van der Waals surface area contributed by atoms with E-state index >= 15 is 0 Å². The van der Waals surface area contributed by atoms with Crippen LogP contribution in [0.1, 0.15) is 11.1 Å². The highest BCUT2D eigenvalue weighted by Crippen LogP contribution is 2.28. The number of anilines is 1. The quantitative estimate of drug-likeness (QED) is 0.756. The molecule has 1 heterocycles. The van der Waals surface area contributed by atoms with Crippen molar-refractivity contribution >= 4 is 44.8 Å². The number of hydrogen-bond acceptors (Lipinski definition) is 3. The molecule has 0 radical (unpaired) electrons. The maximum absolute atomic E-state index is 6.09. The van der Waals surface area contributed by atoms with Crippen LogP contribution in [-0.2, 0) is 6.54 Å². The summed E-state index contributed by atoms with van der Waals surface area (Å²) in [5.41, 5.74) is 2.86. The molecule has 0 unspecified atom stereocenters. The molecule has 1 aromatic carbocycles. The molecule has 0 amide bonds. The van der Waals surface area contributed by atoms with Crippen LogP contribution < -0.4 is 10.1 Å². The second kappa shape index (κ2) is 6.66. The Kier molecular flexibility index (Phi) is 5.13. The molecule has 0 aliphatic carbocycles. The van der Waals surface area contributed by atoms with E-state index in [0.717, 1.165) is 27.0 Å². The molecule has 1 aromatic heterocycles. The number of nitrogens with one attached hydrogen (secondary N) is 1. The minimum atomic E-state index is 0.377. The zero-order valence-electron chi connectivity index (χ0n) is 11.0. The number of ether oxygens (including phenoxy) is 1. The first-order valence-electron chi connectivity index (χ1n) is 5.90. The van der Waals surface area contributed by atoms with Crippen molar-refractivity contribution < 1.29 is 4.74 Å². The largest absolute Gasteiger partial charge is 0.496 e. The molecule has 0 saturated heterocycles. The van der Waals surface area contributed by atoms with E-state index in [2.05, 4.69) is 26.2 Å². The van der Waals surface area contributed by atoms with Crippen LogP contribution in [0.25, 0.3) is 0 Å². The van der Waals surface area contributed by atoms with Crippen molar-refractivity contribution in [2.75, 3.05) is 12.4 Å². The van der Waals surface area contributed by atoms with Crippen molar-refractivity contribution in [3.8, 4) is 5.75 Å². The van der Waals surface area contributed by atoms with Gasteiger partial charge in [0, 0.05) is 6.54 Å². The van der Waals surface area contributed by atoms with Gasteiger partial charge in [-0.1, -0.05) is 29.3 Å². The molecule has 20 heavy (non-hydrogen) atoms. The molecule has 3 nitrogen and oxygen atoms in total. The molecule has 0 aliphatic heterocycles. The number of aryl methyl sites for hydroxylation is 1. The van der Waals surface area contributed by atoms with Gasteiger partial charge in [-0.2, -0.15) is 0 Å². The summed E-state index contributed by atoms with van der Waals surface area (Å²) in [7, 11) is 1.64. The highest BCUT2D eigenvalue weighted by atomic mass is 79.9. The van der Waals surface area contributed by atoms with Gasteiger partial charge in [0.2, 0.25) is 0 Å². The highest BCUT2D eigenvalue weighted by Gasteiger charge is 2.08. The van der Waals surface area contributed by atoms with Gasteiger partial charge in [0.15, 0.2) is 5.15 Å². The van der Waals surface area contributed by atoms with Crippen LogP contribution in [0, 0.1) is 6.92 Å². The van der Waals surface area contributed by atoms with E-state index < -0.39 is 0 Å². The zero-order valence-corrected chi connectivity index (χ0v) is 14.1. The van der Waals surface area contributed by atoms with Crippen LogP contribution in [0.15, 0.2) is 28.7 Å². The highest BCUT2D eigenvalue weighted by molar-refractivity contribution is 9.10. The Bertz CT molecular complexity index is 612. The maximum atomic E-state index is 6.09. The molecule has 0 aliphatic rings. The van der Waals surface area contributed by atoms with E-state index in [-0.39, 0.29) is 0 Å². The van der Waals surface area contributed by atoms with Gasteiger partial charge in [0.05, 0.1) is 17.3 Å². The molecule has 2 rings (SSSR count). The minimum Gasteiger partial charge on any atom is -0.496 e. The van der Waals surface area contributed by atoms with Crippen molar-refractivity contribution in [1.82, 2.24) is 4.98 Å². The van der Waals surface area contributed by atoms with Gasteiger partial charge >= 0.3 is 0 Å². The summed E-state index contributed by atoms with van der Waals surface area (Å²) in [5, 5.41) is 4.05. The molecule has 1 N–H and O–H groups in total. The van der Waals surface area contributed by atoms with Crippen LogP contribution in [0.2, 0.25) is 10.3 Å². The number of aromatic nitrogens is 1. The number of rotatable bonds is 4. The second-order valence-corrected chi connectivity index (χ2v) is 5.85. The average molecular weight is 376 g/mol. The molecular formula is C14H13BrCl2N2O. The summed E-state index contributed by atoms with van der Waals surface area (Å²) in [5.74, 6) is 0.802. The van der Waals surface area contributed by atoms with Crippen LogP contribution in [0.5, 0.6) is 5.75 Å². The number of hydrogen-bond donors (Lipinski definition) is 1. The molecule has 0 fully saturated rings. The van der Waals surface area contributed by atoms with Gasteiger partial charge in [-0.3, -0.25) is 0 Å². The predicted octanol–water partition coefficient (Wildman–Crippen LogP) is 5.08. The third-order valence-corrected chi connectivity index (χ3v) is 3.91. The molecule has 2 aromatic rings. The number of benzene rings is 1. The number of pyridine rings is 1. The Morgan fingerprint density at radius 3 is 2.65 bits per heavy atom. The summed E-state index contributed by atoms with van der Waals surface area (Å²) >= 11 is 15.4. The Balaban J connectivity index is 2.15. The Hall–Kier alpha value is -0.970. The molecule has 0 saturated carbocycles. The average Bonchev–Trinajstić information content (AvgIpc) is 2.37. The van der Waals surface area contributed by atoms with Crippen LogP contribution in [0.4, 0.5) is 5.69 Å². The topological polar surface area (TPSA) is 34.1 Å². The fourth-order valence-corrected chi connectivity index (χ4v) is 3.00. The van der Waals surface area contributed by atoms with Gasteiger partial charge < -0.3 is 10.1 Å². The van der Waals surface area contributed by atoms with Gasteiger partial charge in [-0.05, 0) is 52.2 Å². The Labute approximate surface area is 136 Å². The first-order chi connectivity index (χ1) is 9.51. The van der Waals surface area contributed by atoms with Crippen molar-refractivity contribution in [3.05, 3.63) is 50.2 Å². The van der Waals surface area contributed by atoms with E-state index in [4.69, 9.17) is 27.9 Å². The fraction of sp³-hybridized carbons (Fsp3) is 0.214. The van der Waals surface area contributed by atoms with E-state index in [9.17, 15) is 0 Å². The first-order valence-corrected chi connectivity index (χ1v) is 7.45. The lowest BCUT2D eigenvalue weighted by Gasteiger charge is -2.12. The SMILES string of the molecule is COc1ccc(CNc2c(C)cc(Cl)nc2Cl)cc1Br. The fourth-order valence-electron chi connectivity index (χ4n) is 1.82. The lowest BCUT2D eigenvalue weighted by Crippen LogP contribution is -2.03. The lowest BCUT2D eigenvalue weighted by atomic mass is 10.2. The number of halogens is 3. The number of nitrogens with zero attached hydrogens (tertiary/aromatic N) is 1. The third-order valence-electron chi connectivity index (χ3n) is 2.83. The van der Waals surface area contributed by atoms with Gasteiger partial charge in [0.25, 0.3) is 0 Å². The van der Waals surface area contributed by atoms with E-state index in [0.29, 0.717) is 16.9 Å². The van der Waals surface area contributed by atoms with Gasteiger partial charge in [0.1, 0.15) is 10.9 Å². The van der Waals surface area contributed by atoms with Crippen LogP contribution in [0.3, 0.4) is 0 Å². The second-order valence-electron chi connectivity index (χ2n) is 4.25. The zero-order chi connectivity index (χ0) is 14.7. The smallest absolute Gasteiger partial charge is 0.154 e. The Morgan fingerprint density at radius 1 is 1.30 bits per heavy atom. The standard InChI is InChI=1S/C14H13BrCl2N2O/c1-8-5-12(16)19-14(17)13(8)18-7-9-3-4-11(20-2)10(15)6-9/h3-6,18H,7H2,1-2H3. The van der Waals surface area contributed by atoms with Crippen molar-refractivity contribution in [3.63, 3.8) is 0 Å². The molecule has 6 heteroatoms. The molecular weight excluding hydrogens is 363 g/mol. The third kappa shape index (κ3) is 3.57. The van der Waals surface area contributed by atoms with E-state index in [1.165, 1.54) is 0 Å². The van der Waals surface area contributed by atoms with E-state index in [1.54, 1.807) is 13.2 Å². The van der Waals surface area contributed by atoms with Crippen molar-refractivity contribution in [2.24, 2.45) is 0 Å². The first kappa shape index (κ1) is 15.4. The molecule has 0 spiro atoms. The number of methoxy groups -OCH3 is 1. The van der Waals surface area contributed by atoms with Crippen molar-refractivity contribution in [2.45, 2.75) is 13.5 Å². The van der Waals surface area contributed by atoms with Crippen molar-refractivity contribution in [1.29, 1.82) is 0 Å². The Morgan fingerprint density at radius 2 is 2.05 bits per heavy atom. The molecule has 0 atom stereocenters. The van der Waals surface area contributed by atoms with Gasteiger partial charge in [-0.25, -0.2) is 4.98 Å². The summed E-state index contributed by atoms with van der Waals surface area (Å²) in [6, 6.07) is 7.68. The predicted molar refractivity (Wildman–Crippen MR) is 87.0 cm³/mol. The summed E-state index contributed by atoms with van der Waals surface area (Å²) in [4.78, 5) is 4.03. The molecule has 0 bridgehead atoms.